The number of amides is 1. The first-order valence-corrected chi connectivity index (χ1v) is 8.13. The van der Waals surface area contributed by atoms with E-state index < -0.39 is 11.5 Å². The molecule has 6 nitrogen and oxygen atoms in total. The molecule has 1 amide bonds. The summed E-state index contributed by atoms with van der Waals surface area (Å²) in [7, 11) is 0. The zero-order valence-electron chi connectivity index (χ0n) is 13.8. The van der Waals surface area contributed by atoms with Crippen LogP contribution in [0.15, 0.2) is 24.0 Å². The molecule has 1 aliphatic heterocycles. The van der Waals surface area contributed by atoms with E-state index in [0.29, 0.717) is 6.42 Å². The van der Waals surface area contributed by atoms with Crippen LogP contribution >= 0.6 is 0 Å². The Morgan fingerprint density at radius 3 is 2.71 bits per heavy atom. The number of nitrogens with one attached hydrogen (secondary N) is 1. The van der Waals surface area contributed by atoms with Crippen molar-refractivity contribution in [3.8, 4) is 11.5 Å². The van der Waals surface area contributed by atoms with Crippen molar-refractivity contribution in [3.63, 3.8) is 0 Å². The van der Waals surface area contributed by atoms with Crippen LogP contribution < -0.4 is 5.32 Å². The fourth-order valence-electron chi connectivity index (χ4n) is 3.78. The van der Waals surface area contributed by atoms with Gasteiger partial charge in [0.05, 0.1) is 5.57 Å². The lowest BCUT2D eigenvalue weighted by atomic mass is 9.72. The number of ether oxygens (including phenoxy) is 1. The van der Waals surface area contributed by atoms with E-state index in [0.717, 1.165) is 25.3 Å². The third-order valence-electron chi connectivity index (χ3n) is 4.99. The molecule has 0 aromatic heterocycles. The van der Waals surface area contributed by atoms with Crippen LogP contribution in [0.4, 0.5) is 0 Å². The lowest BCUT2D eigenvalue weighted by Gasteiger charge is -2.40. The maximum absolute atomic E-state index is 12.7. The average molecular weight is 331 g/mol. The van der Waals surface area contributed by atoms with Gasteiger partial charge in [-0.15, -0.1) is 0 Å². The summed E-state index contributed by atoms with van der Waals surface area (Å²) in [4.78, 5) is 24.3. The predicted molar refractivity (Wildman–Crippen MR) is 87.0 cm³/mol. The molecule has 2 atom stereocenters. The van der Waals surface area contributed by atoms with E-state index in [9.17, 15) is 19.8 Å². The molecule has 2 unspecified atom stereocenters. The zero-order valence-corrected chi connectivity index (χ0v) is 13.8. The van der Waals surface area contributed by atoms with Gasteiger partial charge in [-0.1, -0.05) is 19.8 Å². The number of esters is 1. The number of hydrogen-bond donors (Lipinski definition) is 3. The number of hydrogen-bond acceptors (Lipinski definition) is 5. The van der Waals surface area contributed by atoms with Gasteiger partial charge in [-0.3, -0.25) is 9.59 Å². The van der Waals surface area contributed by atoms with Gasteiger partial charge in [-0.25, -0.2) is 0 Å². The van der Waals surface area contributed by atoms with E-state index >= 15 is 0 Å². The maximum Gasteiger partial charge on any atom is 0.307 e. The van der Waals surface area contributed by atoms with Crippen molar-refractivity contribution >= 4 is 17.4 Å². The van der Waals surface area contributed by atoms with Crippen molar-refractivity contribution in [2.24, 2.45) is 5.92 Å². The second kappa shape index (κ2) is 5.85. The quantitative estimate of drug-likeness (QED) is 0.724. The minimum atomic E-state index is -0.722. The van der Waals surface area contributed by atoms with Crippen LogP contribution in [-0.4, -0.2) is 27.6 Å². The number of phenols is 2. The van der Waals surface area contributed by atoms with Gasteiger partial charge in [-0.2, -0.15) is 0 Å². The fraction of sp³-hybridized carbons (Fsp3) is 0.444. The van der Waals surface area contributed by atoms with Gasteiger partial charge in [0.15, 0.2) is 0 Å². The summed E-state index contributed by atoms with van der Waals surface area (Å²) in [6, 6.07) is 4.00. The van der Waals surface area contributed by atoms with Gasteiger partial charge in [0.1, 0.15) is 22.8 Å². The summed E-state index contributed by atoms with van der Waals surface area (Å²) in [6.45, 7) is 3.33. The molecule has 3 rings (SSSR count). The Kier molecular flexibility index (Phi) is 3.99. The van der Waals surface area contributed by atoms with E-state index in [-0.39, 0.29) is 40.2 Å². The normalized spacial score (nSPS) is 26.6. The summed E-state index contributed by atoms with van der Waals surface area (Å²) in [5, 5.41) is 22.6. The molecule has 1 fully saturated rings. The Labute approximate surface area is 140 Å². The van der Waals surface area contributed by atoms with E-state index in [1.54, 1.807) is 0 Å². The van der Waals surface area contributed by atoms with E-state index in [1.807, 2.05) is 6.92 Å². The molecular formula is C18H21NO5. The molecular weight excluding hydrogens is 310 g/mol. The second-order valence-corrected chi connectivity index (χ2v) is 6.57. The Bertz CT molecular complexity index is 739. The summed E-state index contributed by atoms with van der Waals surface area (Å²) < 4.78 is 5.48. The van der Waals surface area contributed by atoms with Crippen molar-refractivity contribution in [1.29, 1.82) is 0 Å². The lowest BCUT2D eigenvalue weighted by molar-refractivity contribution is -0.138. The Hall–Kier alpha value is -2.50. The monoisotopic (exact) mass is 331 g/mol. The highest BCUT2D eigenvalue weighted by Gasteiger charge is 2.52. The molecule has 24 heavy (non-hydrogen) atoms. The van der Waals surface area contributed by atoms with Gasteiger partial charge in [0.2, 0.25) is 0 Å². The molecule has 1 aliphatic carbocycles. The van der Waals surface area contributed by atoms with Gasteiger partial charge >= 0.3 is 5.97 Å². The second-order valence-electron chi connectivity index (χ2n) is 6.57. The molecule has 2 aliphatic rings. The Morgan fingerprint density at radius 2 is 2.08 bits per heavy atom. The molecule has 1 saturated carbocycles. The van der Waals surface area contributed by atoms with Crippen molar-refractivity contribution in [1.82, 2.24) is 5.32 Å². The van der Waals surface area contributed by atoms with E-state index in [2.05, 4.69) is 5.32 Å². The summed E-state index contributed by atoms with van der Waals surface area (Å²) >= 11 is 0. The molecule has 0 radical (unpaired) electrons. The molecule has 3 N–H and O–H groups in total. The molecule has 128 valence electrons. The standard InChI is InChI=1S/C18H21NO5/c1-10-5-3-4-8-18(10)16(24-11(2)20)15(17(23)19-18)13-7-6-12(21)9-14(13)22/h6-7,9-10,21-22H,3-5,8H2,1-2H3,(H,19,23). The molecule has 0 bridgehead atoms. The number of benzene rings is 1. The number of phenolic OH excluding ortho intramolecular Hbond substituents is 2. The van der Waals surface area contributed by atoms with Crippen LogP contribution in [0, 0.1) is 5.92 Å². The van der Waals surface area contributed by atoms with Crippen LogP contribution in [0.1, 0.15) is 45.1 Å². The molecule has 1 spiro atoms. The Morgan fingerprint density at radius 1 is 1.33 bits per heavy atom. The van der Waals surface area contributed by atoms with Gasteiger partial charge in [0, 0.05) is 18.6 Å². The smallest absolute Gasteiger partial charge is 0.307 e. The van der Waals surface area contributed by atoms with E-state index in [1.165, 1.54) is 19.1 Å². The topological polar surface area (TPSA) is 95.9 Å². The highest BCUT2D eigenvalue weighted by molar-refractivity contribution is 6.24. The first-order chi connectivity index (χ1) is 11.3. The first-order valence-electron chi connectivity index (χ1n) is 8.13. The van der Waals surface area contributed by atoms with Gasteiger partial charge < -0.3 is 20.3 Å². The van der Waals surface area contributed by atoms with Crippen LogP contribution in [0.2, 0.25) is 0 Å². The molecule has 1 aromatic carbocycles. The lowest BCUT2D eigenvalue weighted by Crippen LogP contribution is -2.52. The number of aromatic hydroxyl groups is 2. The summed E-state index contributed by atoms with van der Waals surface area (Å²) in [6.07, 6.45) is 3.58. The third kappa shape index (κ3) is 2.52. The van der Waals surface area contributed by atoms with Crippen LogP contribution in [-0.2, 0) is 14.3 Å². The van der Waals surface area contributed by atoms with Crippen molar-refractivity contribution < 1.29 is 24.5 Å². The first kappa shape index (κ1) is 16.4. The molecule has 1 aromatic rings. The average Bonchev–Trinajstić information content (AvgIpc) is 2.75. The van der Waals surface area contributed by atoms with Crippen molar-refractivity contribution in [2.45, 2.75) is 45.1 Å². The van der Waals surface area contributed by atoms with Crippen molar-refractivity contribution in [3.05, 3.63) is 29.5 Å². The number of carbonyl (C=O) groups is 2. The van der Waals surface area contributed by atoms with Gasteiger partial charge in [0.25, 0.3) is 5.91 Å². The minimum absolute atomic E-state index is 0.106. The zero-order chi connectivity index (χ0) is 17.5. The molecule has 6 heteroatoms. The number of rotatable bonds is 2. The predicted octanol–water partition coefficient (Wildman–Crippen LogP) is 2.45. The molecule has 1 heterocycles. The maximum atomic E-state index is 12.7. The fourth-order valence-corrected chi connectivity index (χ4v) is 3.78. The molecule has 0 saturated heterocycles. The van der Waals surface area contributed by atoms with E-state index in [4.69, 9.17) is 4.74 Å². The minimum Gasteiger partial charge on any atom is -0.508 e. The van der Waals surface area contributed by atoms with Crippen LogP contribution in [0.3, 0.4) is 0 Å². The SMILES string of the molecule is CC(=O)OC1=C(c2ccc(O)cc2O)C(=O)NC12CCCCC2C. The summed E-state index contributed by atoms with van der Waals surface area (Å²) in [5.41, 5.74) is -0.312. The Balaban J connectivity index is 2.20. The highest BCUT2D eigenvalue weighted by atomic mass is 16.5. The van der Waals surface area contributed by atoms with Crippen LogP contribution in [0.5, 0.6) is 11.5 Å². The van der Waals surface area contributed by atoms with Gasteiger partial charge in [-0.05, 0) is 30.9 Å². The number of carbonyl (C=O) groups excluding carboxylic acids is 2. The van der Waals surface area contributed by atoms with Crippen LogP contribution in [0.25, 0.3) is 5.57 Å². The highest BCUT2D eigenvalue weighted by Crippen LogP contribution is 2.47. The third-order valence-corrected chi connectivity index (χ3v) is 4.99. The van der Waals surface area contributed by atoms with Crippen molar-refractivity contribution in [2.75, 3.05) is 0 Å². The summed E-state index contributed by atoms with van der Waals surface area (Å²) in [5.74, 6) is -0.819. The largest absolute Gasteiger partial charge is 0.508 e.